The molecule has 1 N–H and O–H groups in total. The van der Waals surface area contributed by atoms with Crippen molar-refractivity contribution < 1.29 is 14.3 Å². The van der Waals surface area contributed by atoms with Crippen LogP contribution in [0.15, 0.2) is 18.2 Å². The molecule has 2 atom stereocenters. The first-order valence-electron chi connectivity index (χ1n) is 4.41. The summed E-state index contributed by atoms with van der Waals surface area (Å²) in [6.07, 6.45) is 0. The van der Waals surface area contributed by atoms with Crippen LogP contribution in [0.5, 0.6) is 0 Å². The zero-order valence-electron chi connectivity index (χ0n) is 7.75. The molecule has 0 aromatic heterocycles. The molecule has 2 unspecified atom stereocenters. The highest BCUT2D eigenvalue weighted by Gasteiger charge is 2.68. The van der Waals surface area contributed by atoms with Gasteiger partial charge >= 0.3 is 5.97 Å². The van der Waals surface area contributed by atoms with E-state index in [1.165, 1.54) is 18.2 Å². The van der Waals surface area contributed by atoms with E-state index in [0.717, 1.165) is 0 Å². The topological polar surface area (TPSA) is 37.3 Å². The van der Waals surface area contributed by atoms with Gasteiger partial charge in [0.25, 0.3) is 0 Å². The lowest BCUT2D eigenvalue weighted by Gasteiger charge is -2.01. The Hall–Kier alpha value is -0.510. The van der Waals surface area contributed by atoms with Crippen molar-refractivity contribution in [3.05, 3.63) is 34.6 Å². The molecule has 0 heterocycles. The third kappa shape index (κ3) is 1.77. The zero-order valence-corrected chi connectivity index (χ0v) is 10.0. The van der Waals surface area contributed by atoms with E-state index in [1.807, 2.05) is 0 Å². The number of hydrogen-bond acceptors (Lipinski definition) is 1. The molecule has 0 radical (unpaired) electrons. The van der Waals surface area contributed by atoms with Crippen molar-refractivity contribution in [2.75, 3.05) is 0 Å². The maximum atomic E-state index is 12.9. The maximum absolute atomic E-state index is 12.9. The monoisotopic (exact) mass is 282 g/mol. The molecule has 6 heteroatoms. The Balaban J connectivity index is 2.33. The molecular weight excluding hydrogens is 277 g/mol. The highest BCUT2D eigenvalue weighted by atomic mass is 35.5. The molecule has 2 rings (SSSR count). The van der Waals surface area contributed by atoms with Gasteiger partial charge in [0.05, 0.1) is 10.9 Å². The average Bonchev–Trinajstić information content (AvgIpc) is 2.74. The van der Waals surface area contributed by atoms with Crippen LogP contribution in [0.1, 0.15) is 11.5 Å². The molecule has 1 fully saturated rings. The second-order valence-electron chi connectivity index (χ2n) is 3.64. The van der Waals surface area contributed by atoms with Gasteiger partial charge in [0.2, 0.25) is 0 Å². The molecule has 0 amide bonds. The van der Waals surface area contributed by atoms with Gasteiger partial charge in [-0.05, 0) is 17.7 Å². The number of rotatable bonds is 2. The van der Waals surface area contributed by atoms with E-state index in [2.05, 4.69) is 0 Å². The number of hydrogen-bond donors (Lipinski definition) is 1. The van der Waals surface area contributed by atoms with Crippen LogP contribution >= 0.6 is 34.8 Å². The molecule has 0 spiro atoms. The van der Waals surface area contributed by atoms with Crippen LogP contribution in [0.3, 0.4) is 0 Å². The van der Waals surface area contributed by atoms with E-state index < -0.39 is 28.0 Å². The van der Waals surface area contributed by atoms with Crippen molar-refractivity contribution in [3.63, 3.8) is 0 Å². The van der Waals surface area contributed by atoms with Crippen LogP contribution in [0.4, 0.5) is 4.39 Å². The van der Waals surface area contributed by atoms with Gasteiger partial charge in [0.15, 0.2) is 0 Å². The molecule has 16 heavy (non-hydrogen) atoms. The summed E-state index contributed by atoms with van der Waals surface area (Å²) < 4.78 is 11.6. The summed E-state index contributed by atoms with van der Waals surface area (Å²) >= 11 is 17.3. The minimum atomic E-state index is -1.34. The summed E-state index contributed by atoms with van der Waals surface area (Å²) in [5.41, 5.74) is 0.531. The van der Waals surface area contributed by atoms with Crippen LogP contribution in [0.2, 0.25) is 5.02 Å². The van der Waals surface area contributed by atoms with E-state index in [-0.39, 0.29) is 5.02 Å². The van der Waals surface area contributed by atoms with Crippen molar-refractivity contribution in [2.24, 2.45) is 5.92 Å². The quantitative estimate of drug-likeness (QED) is 0.844. The van der Waals surface area contributed by atoms with Gasteiger partial charge < -0.3 is 5.11 Å². The Morgan fingerprint density at radius 3 is 2.50 bits per heavy atom. The number of halogens is 4. The third-order valence-corrected chi connectivity index (χ3v) is 3.85. The summed E-state index contributed by atoms with van der Waals surface area (Å²) in [7, 11) is 0. The number of carbonyl (C=O) groups is 1. The van der Waals surface area contributed by atoms with Crippen LogP contribution in [0.25, 0.3) is 0 Å². The highest BCUT2D eigenvalue weighted by Crippen LogP contribution is 2.65. The Labute approximate surface area is 106 Å². The number of alkyl halides is 2. The lowest BCUT2D eigenvalue weighted by Crippen LogP contribution is -2.03. The van der Waals surface area contributed by atoms with Crippen molar-refractivity contribution in [1.82, 2.24) is 0 Å². The van der Waals surface area contributed by atoms with Gasteiger partial charge in [-0.15, -0.1) is 0 Å². The fraction of sp³-hybridized carbons (Fsp3) is 0.300. The van der Waals surface area contributed by atoms with Crippen molar-refractivity contribution in [1.29, 1.82) is 0 Å². The van der Waals surface area contributed by atoms with Crippen LogP contribution in [-0.2, 0) is 4.79 Å². The van der Waals surface area contributed by atoms with Gasteiger partial charge in [0.1, 0.15) is 10.2 Å². The Morgan fingerprint density at radius 1 is 1.44 bits per heavy atom. The fourth-order valence-electron chi connectivity index (χ4n) is 1.75. The summed E-state index contributed by atoms with van der Waals surface area (Å²) in [4.78, 5) is 10.8. The molecule has 1 aromatic carbocycles. The average molecular weight is 284 g/mol. The first-order chi connectivity index (χ1) is 7.35. The van der Waals surface area contributed by atoms with Gasteiger partial charge in [-0.25, -0.2) is 4.39 Å². The molecule has 0 bridgehead atoms. The van der Waals surface area contributed by atoms with E-state index in [1.54, 1.807) is 0 Å². The van der Waals surface area contributed by atoms with Gasteiger partial charge in [-0.1, -0.05) is 40.9 Å². The predicted octanol–water partition coefficient (Wildman–Crippen LogP) is 3.45. The highest BCUT2D eigenvalue weighted by molar-refractivity contribution is 6.53. The number of carboxylic acid groups (broad SMARTS) is 1. The van der Waals surface area contributed by atoms with Crippen molar-refractivity contribution >= 4 is 40.8 Å². The Kier molecular flexibility index (Phi) is 2.81. The minimum Gasteiger partial charge on any atom is -0.481 e. The third-order valence-electron chi connectivity index (χ3n) is 2.62. The number of carboxylic acids is 1. The lowest BCUT2D eigenvalue weighted by atomic mass is 10.1. The Bertz CT molecular complexity index is 461. The van der Waals surface area contributed by atoms with Crippen LogP contribution < -0.4 is 0 Å². The van der Waals surface area contributed by atoms with Gasteiger partial charge in [0, 0.05) is 5.92 Å². The minimum absolute atomic E-state index is 0.0716. The molecule has 1 saturated carbocycles. The lowest BCUT2D eigenvalue weighted by molar-refractivity contribution is -0.138. The van der Waals surface area contributed by atoms with Gasteiger partial charge in [-0.3, -0.25) is 4.79 Å². The van der Waals surface area contributed by atoms with E-state index in [0.29, 0.717) is 5.56 Å². The second kappa shape index (κ2) is 3.76. The molecule has 86 valence electrons. The number of benzene rings is 1. The molecule has 1 aromatic rings. The fourth-order valence-corrected chi connectivity index (χ4v) is 2.76. The smallest absolute Gasteiger partial charge is 0.310 e. The molecular formula is C10H6Cl3FO2. The molecule has 0 aliphatic heterocycles. The van der Waals surface area contributed by atoms with Crippen LogP contribution in [0, 0.1) is 11.7 Å². The first-order valence-corrected chi connectivity index (χ1v) is 5.54. The standard InChI is InChI=1S/C10H6Cl3FO2/c11-5-3-4(1-2-6(5)14)7-8(9(15)16)10(7,12)13/h1-3,7-8H,(H,15,16). The number of aliphatic carboxylic acids is 1. The van der Waals surface area contributed by atoms with Crippen molar-refractivity contribution in [3.8, 4) is 0 Å². The first kappa shape index (κ1) is 12.0. The SMILES string of the molecule is O=C(O)C1C(c2ccc(F)c(Cl)c2)C1(Cl)Cl. The largest absolute Gasteiger partial charge is 0.481 e. The molecule has 1 aliphatic rings. The summed E-state index contributed by atoms with van der Waals surface area (Å²) in [6, 6.07) is 3.96. The second-order valence-corrected chi connectivity index (χ2v) is 5.49. The molecule has 1 aliphatic carbocycles. The van der Waals surface area contributed by atoms with E-state index in [9.17, 15) is 9.18 Å². The van der Waals surface area contributed by atoms with E-state index >= 15 is 0 Å². The van der Waals surface area contributed by atoms with Gasteiger partial charge in [-0.2, -0.15) is 0 Å². The molecule has 2 nitrogen and oxygen atoms in total. The summed E-state index contributed by atoms with van der Waals surface area (Å²) in [5.74, 6) is -3.06. The van der Waals surface area contributed by atoms with Crippen molar-refractivity contribution in [2.45, 2.75) is 10.3 Å². The predicted molar refractivity (Wildman–Crippen MR) is 59.7 cm³/mol. The molecule has 0 saturated heterocycles. The summed E-state index contributed by atoms with van der Waals surface area (Å²) in [5, 5.41) is 8.80. The maximum Gasteiger partial charge on any atom is 0.310 e. The zero-order chi connectivity index (χ0) is 12.1. The van der Waals surface area contributed by atoms with E-state index in [4.69, 9.17) is 39.9 Å². The summed E-state index contributed by atoms with van der Waals surface area (Å²) in [6.45, 7) is 0. The Morgan fingerprint density at radius 2 is 2.06 bits per heavy atom. The normalized spacial score (nSPS) is 26.5. The van der Waals surface area contributed by atoms with Crippen LogP contribution in [-0.4, -0.2) is 15.4 Å².